The van der Waals surface area contributed by atoms with Crippen LogP contribution in [0.25, 0.3) is 39.2 Å². The summed E-state index contributed by atoms with van der Waals surface area (Å²) in [7, 11) is 3.03. The number of aryl methyl sites for hydroxylation is 1. The monoisotopic (exact) mass is 488 g/mol. The lowest BCUT2D eigenvalue weighted by Gasteiger charge is -2.19. The fourth-order valence-corrected chi connectivity index (χ4v) is 4.58. The zero-order chi connectivity index (χ0) is 25.1. The van der Waals surface area contributed by atoms with Crippen molar-refractivity contribution in [2.45, 2.75) is 0 Å². The molecule has 4 aromatic heterocycles. The van der Waals surface area contributed by atoms with Gasteiger partial charge in [0.1, 0.15) is 24.7 Å². The molecule has 3 N–H and O–H groups in total. The van der Waals surface area contributed by atoms with Crippen LogP contribution in [0.2, 0.25) is 0 Å². The molecule has 0 atom stereocenters. The molecule has 0 fully saturated rings. The van der Waals surface area contributed by atoms with E-state index in [1.165, 1.54) is 23.2 Å². The maximum Gasteiger partial charge on any atom is 0.329 e. The molecule has 6 rings (SSSR count). The molecule has 182 valence electrons. The van der Waals surface area contributed by atoms with E-state index < -0.39 is 22.5 Å². The summed E-state index contributed by atoms with van der Waals surface area (Å²) in [6.07, 6.45) is 3.38. The number of rotatable bonds is 3. The quantitative estimate of drug-likeness (QED) is 0.343. The van der Waals surface area contributed by atoms with E-state index in [1.54, 1.807) is 47.3 Å². The fraction of sp³-hybridized carbons (Fsp3) is 0.167. The van der Waals surface area contributed by atoms with Gasteiger partial charge in [-0.2, -0.15) is 0 Å². The smallest absolute Gasteiger partial charge is 0.329 e. The first kappa shape index (κ1) is 21.5. The van der Waals surface area contributed by atoms with Crippen LogP contribution in [0.15, 0.2) is 61.9 Å². The Hall–Kier alpha value is -5.00. The third kappa shape index (κ3) is 3.07. The van der Waals surface area contributed by atoms with Crippen LogP contribution >= 0.6 is 0 Å². The summed E-state index contributed by atoms with van der Waals surface area (Å²) in [6.45, 7) is 0.803. The first-order chi connectivity index (χ1) is 17.3. The number of aromatic amines is 3. The minimum Gasteiger partial charge on any atom is -0.486 e. The summed E-state index contributed by atoms with van der Waals surface area (Å²) in [5.74, 6) is 1.33. The average molecular weight is 488 g/mol. The molecule has 0 saturated heterocycles. The second-order valence-corrected chi connectivity index (χ2v) is 8.38. The van der Waals surface area contributed by atoms with Crippen molar-refractivity contribution >= 4 is 11.0 Å². The number of nitrogens with zero attached hydrogens (tertiary/aromatic N) is 3. The highest BCUT2D eigenvalue weighted by Crippen LogP contribution is 2.40. The summed E-state index contributed by atoms with van der Waals surface area (Å²) < 4.78 is 15.5. The molecular formula is C24H20N6O6. The summed E-state index contributed by atoms with van der Waals surface area (Å²) in [6, 6.07) is 8.74. The molecule has 1 aromatic carbocycles. The molecule has 12 heteroatoms. The Morgan fingerprint density at radius 1 is 0.778 bits per heavy atom. The van der Waals surface area contributed by atoms with Gasteiger partial charge >= 0.3 is 11.4 Å². The van der Waals surface area contributed by atoms with Gasteiger partial charge in [0, 0.05) is 37.6 Å². The van der Waals surface area contributed by atoms with E-state index >= 15 is 0 Å². The zero-order valence-electron chi connectivity index (χ0n) is 19.2. The van der Waals surface area contributed by atoms with Crippen molar-refractivity contribution in [2.24, 2.45) is 14.1 Å². The average Bonchev–Trinajstić information content (AvgIpc) is 3.53. The summed E-state index contributed by atoms with van der Waals surface area (Å²) >= 11 is 0. The number of hydrogen-bond acceptors (Lipinski definition) is 6. The normalized spacial score (nSPS) is 12.8. The SMILES string of the molecule is Cn1c(-n2cccc2)c(-c2c(-c3ccc4c(c3)OCCO4)[nH]c3c2c(=O)[nH]c(=O)n3C)c(=O)[nH]c1=O. The second-order valence-electron chi connectivity index (χ2n) is 8.38. The van der Waals surface area contributed by atoms with Gasteiger partial charge < -0.3 is 19.0 Å². The Morgan fingerprint density at radius 3 is 2.19 bits per heavy atom. The lowest BCUT2D eigenvalue weighted by molar-refractivity contribution is 0.171. The van der Waals surface area contributed by atoms with Gasteiger partial charge in [-0.25, -0.2) is 9.59 Å². The fourth-order valence-electron chi connectivity index (χ4n) is 4.58. The molecule has 12 nitrogen and oxygen atoms in total. The third-order valence-corrected chi connectivity index (χ3v) is 6.29. The molecule has 0 unspecified atom stereocenters. The van der Waals surface area contributed by atoms with E-state index in [1.807, 2.05) is 0 Å². The number of H-pyrrole nitrogens is 3. The molecule has 0 amide bonds. The zero-order valence-corrected chi connectivity index (χ0v) is 19.2. The minimum atomic E-state index is -0.685. The Labute approximate surface area is 201 Å². The van der Waals surface area contributed by atoms with Crippen molar-refractivity contribution in [3.05, 3.63) is 84.4 Å². The molecular weight excluding hydrogens is 468 g/mol. The van der Waals surface area contributed by atoms with Gasteiger partial charge in [0.05, 0.1) is 16.6 Å². The van der Waals surface area contributed by atoms with Gasteiger partial charge in [-0.3, -0.25) is 28.7 Å². The molecule has 36 heavy (non-hydrogen) atoms. The predicted molar refractivity (Wildman–Crippen MR) is 131 cm³/mol. The lowest BCUT2D eigenvalue weighted by atomic mass is 9.99. The van der Waals surface area contributed by atoms with Gasteiger partial charge in [-0.05, 0) is 30.3 Å². The van der Waals surface area contributed by atoms with Crippen LogP contribution in [0.1, 0.15) is 0 Å². The van der Waals surface area contributed by atoms with Crippen LogP contribution in [0.4, 0.5) is 0 Å². The van der Waals surface area contributed by atoms with Crippen molar-refractivity contribution in [3.63, 3.8) is 0 Å². The van der Waals surface area contributed by atoms with Gasteiger partial charge in [0.25, 0.3) is 11.1 Å². The van der Waals surface area contributed by atoms with Gasteiger partial charge in [-0.15, -0.1) is 0 Å². The lowest BCUT2D eigenvalue weighted by Crippen LogP contribution is -2.33. The van der Waals surface area contributed by atoms with Crippen molar-refractivity contribution in [3.8, 4) is 39.7 Å². The number of ether oxygens (including phenoxy) is 2. The van der Waals surface area contributed by atoms with Crippen molar-refractivity contribution < 1.29 is 9.47 Å². The van der Waals surface area contributed by atoms with Gasteiger partial charge in [0.15, 0.2) is 11.5 Å². The van der Waals surface area contributed by atoms with Crippen LogP contribution in [0.5, 0.6) is 11.5 Å². The van der Waals surface area contributed by atoms with E-state index in [0.29, 0.717) is 36.0 Å². The molecule has 0 radical (unpaired) electrons. The van der Waals surface area contributed by atoms with Gasteiger partial charge in [0.2, 0.25) is 0 Å². The molecule has 0 spiro atoms. The van der Waals surface area contributed by atoms with Crippen LogP contribution in [0.3, 0.4) is 0 Å². The molecule has 0 saturated carbocycles. The molecule has 5 heterocycles. The second kappa shape index (κ2) is 7.77. The van der Waals surface area contributed by atoms with E-state index in [2.05, 4.69) is 15.0 Å². The molecule has 1 aliphatic rings. The topological polar surface area (TPSA) is 149 Å². The first-order valence-electron chi connectivity index (χ1n) is 11.1. The Kier molecular flexibility index (Phi) is 4.64. The highest BCUT2D eigenvalue weighted by Gasteiger charge is 2.27. The Morgan fingerprint density at radius 2 is 1.44 bits per heavy atom. The standard InChI is InChI=1S/C24H20N6O6/c1-28-19-16(20(31)26-23(28)33)15(18(25-19)12-5-6-13-14(11-12)36-10-9-35-13)17-21(32)27-24(34)29(2)22(17)30-7-3-4-8-30/h3-8,11,25H,9-10H2,1-2H3,(H,26,31,33)(H,27,32,34). The number of benzene rings is 1. The highest BCUT2D eigenvalue weighted by molar-refractivity contribution is 6.03. The van der Waals surface area contributed by atoms with Crippen molar-refractivity contribution in [2.75, 3.05) is 13.2 Å². The molecule has 1 aliphatic heterocycles. The van der Waals surface area contributed by atoms with Crippen LogP contribution in [-0.2, 0) is 14.1 Å². The Bertz CT molecular complexity index is 1900. The van der Waals surface area contributed by atoms with Crippen LogP contribution < -0.4 is 32.0 Å². The van der Waals surface area contributed by atoms with Crippen molar-refractivity contribution in [1.82, 2.24) is 28.7 Å². The van der Waals surface area contributed by atoms with Crippen LogP contribution in [-0.4, -0.2) is 41.9 Å². The van der Waals surface area contributed by atoms with E-state index in [-0.39, 0.29) is 28.0 Å². The highest BCUT2D eigenvalue weighted by atomic mass is 16.6. The van der Waals surface area contributed by atoms with Gasteiger partial charge in [-0.1, -0.05) is 0 Å². The Balaban J connectivity index is 1.80. The minimum absolute atomic E-state index is 0.0774. The van der Waals surface area contributed by atoms with E-state index in [4.69, 9.17) is 9.47 Å². The van der Waals surface area contributed by atoms with E-state index in [0.717, 1.165) is 0 Å². The first-order valence-corrected chi connectivity index (χ1v) is 11.1. The number of aromatic nitrogens is 6. The summed E-state index contributed by atoms with van der Waals surface area (Å²) in [4.78, 5) is 59.3. The van der Waals surface area contributed by atoms with Crippen LogP contribution in [0, 0.1) is 0 Å². The summed E-state index contributed by atoms with van der Waals surface area (Å²) in [5.41, 5.74) is -1.08. The van der Waals surface area contributed by atoms with Crippen molar-refractivity contribution in [1.29, 1.82) is 0 Å². The largest absolute Gasteiger partial charge is 0.486 e. The number of hydrogen-bond donors (Lipinski definition) is 3. The maximum atomic E-state index is 13.4. The molecule has 0 aliphatic carbocycles. The maximum absolute atomic E-state index is 13.4. The molecule has 5 aromatic rings. The predicted octanol–water partition coefficient (Wildman–Crippen LogP) is 0.838. The number of fused-ring (bicyclic) bond motifs is 2. The number of nitrogens with one attached hydrogen (secondary N) is 3. The summed E-state index contributed by atoms with van der Waals surface area (Å²) in [5, 5.41) is 0.0968. The molecule has 0 bridgehead atoms. The van der Waals surface area contributed by atoms with E-state index in [9.17, 15) is 19.2 Å². The third-order valence-electron chi connectivity index (χ3n) is 6.29.